The van der Waals surface area contributed by atoms with Crippen molar-refractivity contribution in [2.45, 2.75) is 44.6 Å². The highest BCUT2D eigenvalue weighted by Crippen LogP contribution is 2.35. The molecule has 166 valence electrons. The molecule has 0 spiro atoms. The summed E-state index contributed by atoms with van der Waals surface area (Å²) >= 11 is 6.35. The summed E-state index contributed by atoms with van der Waals surface area (Å²) in [5.41, 5.74) is 3.80. The fraction of sp³-hybridized carbons (Fsp3) is 0.370. The first-order valence-electron chi connectivity index (χ1n) is 11.6. The maximum absolute atomic E-state index is 13.5. The number of halogens is 1. The van der Waals surface area contributed by atoms with E-state index in [0.29, 0.717) is 16.7 Å². The van der Waals surface area contributed by atoms with Gasteiger partial charge in [0.1, 0.15) is 5.75 Å². The molecule has 1 aliphatic heterocycles. The molecular formula is C27H29ClN2O2. The first-order chi connectivity index (χ1) is 15.6. The molecule has 1 aliphatic carbocycles. The molecule has 5 rings (SSSR count). The number of rotatable bonds is 4. The molecule has 1 fully saturated rings. The zero-order chi connectivity index (χ0) is 22.1. The van der Waals surface area contributed by atoms with Crippen LogP contribution in [-0.4, -0.2) is 41.6 Å². The van der Waals surface area contributed by atoms with Crippen LogP contribution in [-0.2, 0) is 0 Å². The van der Waals surface area contributed by atoms with Crippen LogP contribution in [0, 0.1) is 0 Å². The lowest BCUT2D eigenvalue weighted by molar-refractivity contribution is 0.0965. The maximum Gasteiger partial charge on any atom is 0.263 e. The summed E-state index contributed by atoms with van der Waals surface area (Å²) in [6.45, 7) is 1.92. The summed E-state index contributed by atoms with van der Waals surface area (Å²) in [6.07, 6.45) is 11.5. The first kappa shape index (κ1) is 21.3. The van der Waals surface area contributed by atoms with Crippen LogP contribution in [0.3, 0.4) is 0 Å². The van der Waals surface area contributed by atoms with Crippen LogP contribution >= 0.6 is 11.6 Å². The van der Waals surface area contributed by atoms with E-state index < -0.39 is 0 Å². The summed E-state index contributed by atoms with van der Waals surface area (Å²) in [5, 5.41) is 1.53. The monoisotopic (exact) mass is 448 g/mol. The van der Waals surface area contributed by atoms with Gasteiger partial charge in [0.15, 0.2) is 0 Å². The lowest BCUT2D eigenvalue weighted by Gasteiger charge is -2.23. The Bertz CT molecular complexity index is 1170. The molecular weight excluding hydrogens is 420 g/mol. The Kier molecular flexibility index (Phi) is 6.07. The number of carbonyl (C=O) groups excluding carboxylic acids is 1. The Morgan fingerprint density at radius 2 is 1.91 bits per heavy atom. The molecule has 0 atom stereocenters. The Labute approximate surface area is 194 Å². The van der Waals surface area contributed by atoms with Gasteiger partial charge in [-0.05, 0) is 75.1 Å². The minimum Gasteiger partial charge on any atom is -0.490 e. The third kappa shape index (κ3) is 4.22. The SMILES string of the molecule is CN1CC=C(c2cn(C(=O)c3ccccc3Cl)c3ccc(OC4CCCCC4)cc23)CC1. The molecule has 2 aliphatic rings. The average Bonchev–Trinajstić information content (AvgIpc) is 3.19. The Balaban J connectivity index is 1.58. The summed E-state index contributed by atoms with van der Waals surface area (Å²) in [4.78, 5) is 15.8. The van der Waals surface area contributed by atoms with Gasteiger partial charge in [0.05, 0.1) is 22.2 Å². The highest BCUT2D eigenvalue weighted by molar-refractivity contribution is 6.34. The van der Waals surface area contributed by atoms with Crippen LogP contribution in [0.25, 0.3) is 16.5 Å². The molecule has 2 heterocycles. The molecule has 0 radical (unpaired) electrons. The number of hydrogen-bond donors (Lipinski definition) is 0. The number of aromatic nitrogens is 1. The number of ether oxygens (including phenoxy) is 1. The van der Waals surface area contributed by atoms with E-state index >= 15 is 0 Å². The van der Waals surface area contributed by atoms with E-state index in [2.05, 4.69) is 24.1 Å². The Morgan fingerprint density at radius 1 is 1.09 bits per heavy atom. The van der Waals surface area contributed by atoms with Crippen LogP contribution in [0.2, 0.25) is 5.02 Å². The third-order valence-electron chi connectivity index (χ3n) is 6.71. The summed E-state index contributed by atoms with van der Waals surface area (Å²) in [6, 6.07) is 13.4. The topological polar surface area (TPSA) is 34.5 Å². The van der Waals surface area contributed by atoms with Crippen molar-refractivity contribution in [3.05, 3.63) is 70.9 Å². The van der Waals surface area contributed by atoms with E-state index in [1.807, 2.05) is 30.5 Å². The van der Waals surface area contributed by atoms with Crippen LogP contribution in [0.1, 0.15) is 54.4 Å². The van der Waals surface area contributed by atoms with Crippen molar-refractivity contribution in [3.8, 4) is 5.75 Å². The second-order valence-electron chi connectivity index (χ2n) is 9.00. The lowest BCUT2D eigenvalue weighted by Crippen LogP contribution is -2.23. The number of nitrogens with zero attached hydrogens (tertiary/aromatic N) is 2. The van der Waals surface area contributed by atoms with E-state index in [0.717, 1.165) is 54.6 Å². The Hall–Kier alpha value is -2.56. The van der Waals surface area contributed by atoms with E-state index in [1.165, 1.54) is 24.8 Å². The van der Waals surface area contributed by atoms with E-state index in [-0.39, 0.29) is 5.91 Å². The molecule has 0 amide bonds. The summed E-state index contributed by atoms with van der Waals surface area (Å²) in [5.74, 6) is 0.781. The van der Waals surface area contributed by atoms with E-state index in [9.17, 15) is 4.79 Å². The van der Waals surface area contributed by atoms with Crippen LogP contribution in [0.4, 0.5) is 0 Å². The molecule has 0 unspecified atom stereocenters. The van der Waals surface area contributed by atoms with Gasteiger partial charge in [-0.2, -0.15) is 0 Å². The van der Waals surface area contributed by atoms with E-state index in [1.54, 1.807) is 16.7 Å². The van der Waals surface area contributed by atoms with Crippen LogP contribution in [0.15, 0.2) is 54.7 Å². The molecule has 4 nitrogen and oxygen atoms in total. The lowest BCUT2D eigenvalue weighted by atomic mass is 9.97. The van der Waals surface area contributed by atoms with Gasteiger partial charge in [-0.3, -0.25) is 9.36 Å². The van der Waals surface area contributed by atoms with Crippen LogP contribution in [0.5, 0.6) is 5.75 Å². The van der Waals surface area contributed by atoms with Crippen LogP contribution < -0.4 is 4.74 Å². The predicted octanol–water partition coefficient (Wildman–Crippen LogP) is 6.41. The molecule has 5 heteroatoms. The highest BCUT2D eigenvalue weighted by atomic mass is 35.5. The molecule has 1 saturated carbocycles. The number of likely N-dealkylation sites (N-methyl/N-ethyl adjacent to an activating group) is 1. The van der Waals surface area contributed by atoms with Crippen molar-refractivity contribution >= 4 is 34.0 Å². The fourth-order valence-electron chi connectivity index (χ4n) is 4.86. The van der Waals surface area contributed by atoms with Crippen molar-refractivity contribution in [1.82, 2.24) is 9.47 Å². The van der Waals surface area contributed by atoms with Crippen molar-refractivity contribution in [3.63, 3.8) is 0 Å². The first-order valence-corrected chi connectivity index (χ1v) is 12.0. The van der Waals surface area contributed by atoms with Gasteiger partial charge in [0.2, 0.25) is 0 Å². The van der Waals surface area contributed by atoms with Gasteiger partial charge in [-0.25, -0.2) is 0 Å². The van der Waals surface area contributed by atoms with Crippen molar-refractivity contribution in [2.75, 3.05) is 20.1 Å². The number of fused-ring (bicyclic) bond motifs is 1. The second-order valence-corrected chi connectivity index (χ2v) is 9.40. The normalized spacial score (nSPS) is 18.0. The quantitative estimate of drug-likeness (QED) is 0.462. The zero-order valence-electron chi connectivity index (χ0n) is 18.5. The molecule has 2 aromatic carbocycles. The minimum atomic E-state index is -0.110. The molecule has 3 aromatic rings. The number of benzene rings is 2. The van der Waals surface area contributed by atoms with Gasteiger partial charge in [0, 0.05) is 30.2 Å². The molecule has 0 saturated heterocycles. The summed E-state index contributed by atoms with van der Waals surface area (Å²) < 4.78 is 8.10. The standard InChI is InChI=1S/C27H29ClN2O2/c1-29-15-13-19(14-16-29)24-18-30(27(31)22-9-5-6-10-25(22)28)26-12-11-21(17-23(24)26)32-20-7-3-2-4-8-20/h5-6,9-13,17-18,20H,2-4,7-8,14-16H2,1H3. The van der Waals surface area contributed by atoms with E-state index in [4.69, 9.17) is 16.3 Å². The summed E-state index contributed by atoms with van der Waals surface area (Å²) in [7, 11) is 2.13. The van der Waals surface area contributed by atoms with Crippen molar-refractivity contribution < 1.29 is 9.53 Å². The molecule has 0 bridgehead atoms. The van der Waals surface area contributed by atoms with Gasteiger partial charge in [-0.1, -0.05) is 36.2 Å². The average molecular weight is 449 g/mol. The minimum absolute atomic E-state index is 0.110. The van der Waals surface area contributed by atoms with Crippen molar-refractivity contribution in [2.24, 2.45) is 0 Å². The predicted molar refractivity (Wildman–Crippen MR) is 131 cm³/mol. The molecule has 32 heavy (non-hydrogen) atoms. The highest BCUT2D eigenvalue weighted by Gasteiger charge is 2.22. The molecule has 1 aromatic heterocycles. The van der Waals surface area contributed by atoms with Gasteiger partial charge < -0.3 is 9.64 Å². The maximum atomic E-state index is 13.5. The smallest absolute Gasteiger partial charge is 0.263 e. The zero-order valence-corrected chi connectivity index (χ0v) is 19.3. The second kappa shape index (κ2) is 9.13. The fourth-order valence-corrected chi connectivity index (χ4v) is 5.08. The number of hydrogen-bond acceptors (Lipinski definition) is 3. The van der Waals surface area contributed by atoms with Gasteiger partial charge >= 0.3 is 0 Å². The van der Waals surface area contributed by atoms with Crippen molar-refractivity contribution in [1.29, 1.82) is 0 Å². The largest absolute Gasteiger partial charge is 0.490 e. The third-order valence-corrected chi connectivity index (χ3v) is 7.04. The molecule has 0 N–H and O–H groups in total. The Morgan fingerprint density at radius 3 is 2.66 bits per heavy atom. The van der Waals surface area contributed by atoms with Gasteiger partial charge in [-0.15, -0.1) is 0 Å². The number of carbonyl (C=O) groups is 1. The van der Waals surface area contributed by atoms with Gasteiger partial charge in [0.25, 0.3) is 5.91 Å².